The highest BCUT2D eigenvalue weighted by Gasteiger charge is 2.15. The van der Waals surface area contributed by atoms with Gasteiger partial charge >= 0.3 is 0 Å². The number of nitrogens with zero attached hydrogens (tertiary/aromatic N) is 5. The minimum atomic E-state index is -0.243. The fraction of sp³-hybridized carbons (Fsp3) is 0.263. The smallest absolute Gasteiger partial charge is 0.261 e. The molecule has 1 amide bonds. The molecule has 0 spiro atoms. The fourth-order valence-corrected chi connectivity index (χ4v) is 3.07. The summed E-state index contributed by atoms with van der Waals surface area (Å²) >= 11 is 0. The number of nitrogens with one attached hydrogen (secondary N) is 2. The normalized spacial score (nSPS) is 11.5. The van der Waals surface area contributed by atoms with E-state index in [0.29, 0.717) is 16.9 Å². The molecule has 0 fully saturated rings. The Morgan fingerprint density at radius 2 is 2.07 bits per heavy atom. The van der Waals surface area contributed by atoms with Crippen LogP contribution < -0.4 is 5.32 Å². The number of aromatic nitrogens is 5. The summed E-state index contributed by atoms with van der Waals surface area (Å²) in [5.74, 6) is -0.243. The van der Waals surface area contributed by atoms with Gasteiger partial charge in [-0.3, -0.25) is 14.8 Å². The van der Waals surface area contributed by atoms with Gasteiger partial charge in [0.15, 0.2) is 5.65 Å². The van der Waals surface area contributed by atoms with Crippen molar-refractivity contribution in [1.29, 1.82) is 0 Å². The van der Waals surface area contributed by atoms with Crippen LogP contribution in [0, 0.1) is 0 Å². The lowest BCUT2D eigenvalue weighted by molar-refractivity contribution is 0.102. The number of hydrogen-bond acceptors (Lipinski definition) is 5. The summed E-state index contributed by atoms with van der Waals surface area (Å²) in [6.07, 6.45) is 7.02. The van der Waals surface area contributed by atoms with E-state index in [1.807, 2.05) is 30.6 Å². The highest BCUT2D eigenvalue weighted by molar-refractivity contribution is 6.08. The number of amides is 1. The van der Waals surface area contributed by atoms with Crippen molar-refractivity contribution in [2.45, 2.75) is 20.4 Å². The van der Waals surface area contributed by atoms with E-state index in [0.717, 1.165) is 36.1 Å². The van der Waals surface area contributed by atoms with E-state index in [9.17, 15) is 4.79 Å². The van der Waals surface area contributed by atoms with Crippen LogP contribution in [0.2, 0.25) is 0 Å². The molecular weight excluding hydrogens is 342 g/mol. The predicted octanol–water partition coefficient (Wildman–Crippen LogP) is 2.70. The summed E-state index contributed by atoms with van der Waals surface area (Å²) in [5.41, 5.74) is 3.60. The highest BCUT2D eigenvalue weighted by atomic mass is 16.1. The van der Waals surface area contributed by atoms with Crippen LogP contribution in [0.3, 0.4) is 0 Å². The number of fused-ring (bicyclic) bond motifs is 2. The van der Waals surface area contributed by atoms with Gasteiger partial charge in [0.2, 0.25) is 0 Å². The minimum Gasteiger partial charge on any atom is -0.322 e. The Morgan fingerprint density at radius 1 is 1.22 bits per heavy atom. The van der Waals surface area contributed by atoms with E-state index in [2.05, 4.69) is 44.3 Å². The Hall–Kier alpha value is -3.26. The zero-order valence-corrected chi connectivity index (χ0v) is 15.3. The number of carbonyl (C=O) groups is 1. The molecule has 0 aliphatic carbocycles. The van der Waals surface area contributed by atoms with Crippen molar-refractivity contribution in [3.63, 3.8) is 0 Å². The Morgan fingerprint density at radius 3 is 2.89 bits per heavy atom. The number of rotatable bonds is 6. The number of benzene rings is 1. The third kappa shape index (κ3) is 3.39. The van der Waals surface area contributed by atoms with Gasteiger partial charge in [-0.05, 0) is 31.3 Å². The van der Waals surface area contributed by atoms with Crippen molar-refractivity contribution in [3.8, 4) is 0 Å². The van der Waals surface area contributed by atoms with Gasteiger partial charge in [0.05, 0.1) is 17.9 Å². The number of anilines is 1. The second-order valence-corrected chi connectivity index (χ2v) is 6.38. The van der Waals surface area contributed by atoms with Gasteiger partial charge in [-0.2, -0.15) is 10.2 Å². The first kappa shape index (κ1) is 17.2. The zero-order valence-electron chi connectivity index (χ0n) is 15.3. The Kier molecular flexibility index (Phi) is 4.55. The van der Waals surface area contributed by atoms with E-state index in [4.69, 9.17) is 0 Å². The van der Waals surface area contributed by atoms with Crippen LogP contribution in [0.4, 0.5) is 5.69 Å². The van der Waals surface area contributed by atoms with Crippen molar-refractivity contribution < 1.29 is 4.79 Å². The van der Waals surface area contributed by atoms with Gasteiger partial charge < -0.3 is 5.32 Å². The molecule has 8 nitrogen and oxygen atoms in total. The van der Waals surface area contributed by atoms with E-state index in [-0.39, 0.29) is 5.91 Å². The molecule has 4 aromatic rings. The first-order valence-corrected chi connectivity index (χ1v) is 8.97. The molecule has 0 unspecified atom stereocenters. The van der Waals surface area contributed by atoms with Crippen molar-refractivity contribution in [1.82, 2.24) is 29.7 Å². The van der Waals surface area contributed by atoms with Crippen molar-refractivity contribution >= 4 is 28.1 Å². The number of hydrogen-bond donors (Lipinski definition) is 2. The van der Waals surface area contributed by atoms with Crippen molar-refractivity contribution in [3.05, 3.63) is 54.1 Å². The average Bonchev–Trinajstić information content (AvgIpc) is 3.32. The summed E-state index contributed by atoms with van der Waals surface area (Å²) in [6, 6.07) is 5.60. The second kappa shape index (κ2) is 7.16. The fourth-order valence-electron chi connectivity index (χ4n) is 3.07. The number of carbonyl (C=O) groups excluding carboxylic acids is 1. The minimum absolute atomic E-state index is 0.243. The summed E-state index contributed by atoms with van der Waals surface area (Å²) in [7, 11) is 0. The third-order valence-corrected chi connectivity index (χ3v) is 4.65. The molecule has 0 atom stereocenters. The maximum atomic E-state index is 12.7. The Balaban J connectivity index is 1.56. The van der Waals surface area contributed by atoms with Gasteiger partial charge in [-0.1, -0.05) is 13.8 Å². The molecule has 0 aliphatic rings. The number of H-pyrrole nitrogens is 1. The maximum Gasteiger partial charge on any atom is 0.261 e. The lowest BCUT2D eigenvalue weighted by Crippen LogP contribution is -2.22. The molecule has 3 aromatic heterocycles. The molecule has 8 heteroatoms. The van der Waals surface area contributed by atoms with Crippen LogP contribution in [-0.2, 0) is 6.54 Å². The van der Waals surface area contributed by atoms with Crippen LogP contribution in [-0.4, -0.2) is 48.7 Å². The molecule has 0 bridgehead atoms. The third-order valence-electron chi connectivity index (χ3n) is 4.65. The van der Waals surface area contributed by atoms with Gasteiger partial charge in [0.25, 0.3) is 5.91 Å². The Labute approximate surface area is 156 Å². The lowest BCUT2D eigenvalue weighted by atomic mass is 10.2. The van der Waals surface area contributed by atoms with Gasteiger partial charge in [0.1, 0.15) is 5.56 Å². The zero-order chi connectivity index (χ0) is 18.8. The molecule has 0 saturated carbocycles. The molecule has 0 radical (unpaired) electrons. The standard InChI is InChI=1S/C19H21N7O/c1-3-25(4-2)11-13-8-20-18-16(10-22-26(18)12-13)19(27)23-15-6-5-14-9-21-24-17(14)7-15/h5-10,12H,3-4,11H2,1-2H3,(H,21,24)(H,23,27). The molecule has 2 N–H and O–H groups in total. The lowest BCUT2D eigenvalue weighted by Gasteiger charge is -2.17. The van der Waals surface area contributed by atoms with Gasteiger partial charge in [0, 0.05) is 35.6 Å². The molecule has 1 aromatic carbocycles. The summed E-state index contributed by atoms with van der Waals surface area (Å²) in [6.45, 7) is 7.02. The first-order chi connectivity index (χ1) is 13.2. The van der Waals surface area contributed by atoms with E-state index < -0.39 is 0 Å². The van der Waals surface area contributed by atoms with Crippen LogP contribution in [0.15, 0.2) is 43.0 Å². The Bertz CT molecular complexity index is 1090. The average molecular weight is 363 g/mol. The van der Waals surface area contributed by atoms with E-state index in [1.165, 1.54) is 0 Å². The summed E-state index contributed by atoms with van der Waals surface area (Å²) < 4.78 is 1.66. The van der Waals surface area contributed by atoms with Gasteiger partial charge in [-0.15, -0.1) is 0 Å². The molecular formula is C19H21N7O. The summed E-state index contributed by atoms with van der Waals surface area (Å²) in [5, 5.41) is 15.1. The topological polar surface area (TPSA) is 91.2 Å². The van der Waals surface area contributed by atoms with Crippen LogP contribution in [0.1, 0.15) is 29.8 Å². The van der Waals surface area contributed by atoms with Crippen LogP contribution in [0.25, 0.3) is 16.6 Å². The monoisotopic (exact) mass is 363 g/mol. The van der Waals surface area contributed by atoms with Crippen LogP contribution in [0.5, 0.6) is 0 Å². The van der Waals surface area contributed by atoms with Crippen LogP contribution >= 0.6 is 0 Å². The van der Waals surface area contributed by atoms with Crippen molar-refractivity contribution in [2.24, 2.45) is 0 Å². The molecule has 4 rings (SSSR count). The first-order valence-electron chi connectivity index (χ1n) is 8.97. The maximum absolute atomic E-state index is 12.7. The molecule has 0 aliphatic heterocycles. The largest absolute Gasteiger partial charge is 0.322 e. The second-order valence-electron chi connectivity index (χ2n) is 6.38. The quantitative estimate of drug-likeness (QED) is 0.550. The van der Waals surface area contributed by atoms with Crippen molar-refractivity contribution in [2.75, 3.05) is 18.4 Å². The predicted molar refractivity (Wildman–Crippen MR) is 104 cm³/mol. The SMILES string of the molecule is CCN(CC)Cc1cnc2c(C(=O)Nc3ccc4cn[nH]c4c3)cnn2c1. The highest BCUT2D eigenvalue weighted by Crippen LogP contribution is 2.18. The molecule has 3 heterocycles. The summed E-state index contributed by atoms with van der Waals surface area (Å²) in [4.78, 5) is 19.4. The molecule has 27 heavy (non-hydrogen) atoms. The van der Waals surface area contributed by atoms with Gasteiger partial charge in [-0.25, -0.2) is 9.50 Å². The van der Waals surface area contributed by atoms with E-state index in [1.54, 1.807) is 16.9 Å². The number of aromatic amines is 1. The molecule has 138 valence electrons. The molecule has 0 saturated heterocycles. The van der Waals surface area contributed by atoms with E-state index >= 15 is 0 Å².